The highest BCUT2D eigenvalue weighted by atomic mass is 35.5. The van der Waals surface area contributed by atoms with Crippen LogP contribution in [0.15, 0.2) is 5.38 Å². The van der Waals surface area contributed by atoms with E-state index in [1.54, 1.807) is 12.3 Å². The van der Waals surface area contributed by atoms with Gasteiger partial charge in [0.2, 0.25) is 5.91 Å². The van der Waals surface area contributed by atoms with E-state index < -0.39 is 12.0 Å². The van der Waals surface area contributed by atoms with Gasteiger partial charge in [-0.2, -0.15) is 0 Å². The molecule has 1 aromatic heterocycles. The normalized spacial score (nSPS) is 12.4. The molecule has 2 atom stereocenters. The van der Waals surface area contributed by atoms with Crippen molar-refractivity contribution in [3.63, 3.8) is 0 Å². The number of rotatable bonds is 7. The van der Waals surface area contributed by atoms with Crippen LogP contribution in [0.2, 0.25) is 0 Å². The van der Waals surface area contributed by atoms with Gasteiger partial charge in [-0.25, -0.2) is 9.78 Å². The van der Waals surface area contributed by atoms with Gasteiger partial charge in [0.1, 0.15) is 5.01 Å². The molecule has 0 saturated heterocycles. The lowest BCUT2D eigenvalue weighted by Gasteiger charge is -2.17. The predicted octanol–water partition coefficient (Wildman–Crippen LogP) is 2.15. The van der Waals surface area contributed by atoms with E-state index in [0.29, 0.717) is 11.6 Å². The van der Waals surface area contributed by atoms with Crippen LogP contribution in [-0.2, 0) is 16.1 Å². The molecular weight excluding hydrogens is 349 g/mol. The summed E-state index contributed by atoms with van der Waals surface area (Å²) in [4.78, 5) is 27.4. The molecule has 1 rings (SSSR count). The summed E-state index contributed by atoms with van der Waals surface area (Å²) in [7, 11) is 0. The zero-order valence-corrected chi connectivity index (χ0v) is 15.3. The summed E-state index contributed by atoms with van der Waals surface area (Å²) < 4.78 is 4.85. The molecule has 1 amide bonds. The quantitative estimate of drug-likeness (QED) is 0.716. The van der Waals surface area contributed by atoms with Crippen molar-refractivity contribution in [1.82, 2.24) is 10.3 Å². The van der Waals surface area contributed by atoms with Crippen molar-refractivity contribution in [3.8, 4) is 0 Å². The second-order valence-electron chi connectivity index (χ2n) is 4.48. The molecule has 22 heavy (non-hydrogen) atoms. The fourth-order valence-corrected chi connectivity index (χ4v) is 2.19. The minimum Gasteiger partial charge on any atom is -0.461 e. The summed E-state index contributed by atoms with van der Waals surface area (Å²) in [5.41, 5.74) is 6.10. The highest BCUT2D eigenvalue weighted by Gasteiger charge is 2.19. The van der Waals surface area contributed by atoms with E-state index in [1.165, 1.54) is 11.3 Å². The van der Waals surface area contributed by atoms with Crippen molar-refractivity contribution in [2.45, 2.75) is 39.8 Å². The van der Waals surface area contributed by atoms with Crippen LogP contribution in [-0.4, -0.2) is 29.5 Å². The number of halogens is 2. The van der Waals surface area contributed by atoms with Crippen LogP contribution in [0, 0.1) is 5.92 Å². The lowest BCUT2D eigenvalue weighted by atomic mass is 9.99. The van der Waals surface area contributed by atoms with Crippen molar-refractivity contribution in [2.24, 2.45) is 11.7 Å². The maximum absolute atomic E-state index is 11.8. The number of aromatic nitrogens is 1. The third kappa shape index (κ3) is 6.91. The van der Waals surface area contributed by atoms with Gasteiger partial charge in [0.05, 0.1) is 19.2 Å². The van der Waals surface area contributed by atoms with Crippen molar-refractivity contribution >= 4 is 48.0 Å². The molecule has 0 aromatic carbocycles. The topological polar surface area (TPSA) is 94.3 Å². The fourth-order valence-electron chi connectivity index (χ4n) is 1.48. The Labute approximate surface area is 147 Å². The van der Waals surface area contributed by atoms with Crippen LogP contribution >= 0.6 is 36.2 Å². The second-order valence-corrected chi connectivity index (χ2v) is 5.42. The van der Waals surface area contributed by atoms with Gasteiger partial charge in [0.15, 0.2) is 5.69 Å². The third-order valence-electron chi connectivity index (χ3n) is 3.01. The average Bonchev–Trinajstić information content (AvgIpc) is 2.92. The average molecular weight is 372 g/mol. The molecule has 0 bridgehead atoms. The highest BCUT2D eigenvalue weighted by Crippen LogP contribution is 2.11. The summed E-state index contributed by atoms with van der Waals surface area (Å²) >= 11 is 1.30. The minimum absolute atomic E-state index is 0. The maximum Gasteiger partial charge on any atom is 0.357 e. The van der Waals surface area contributed by atoms with Crippen LogP contribution in [0.1, 0.15) is 42.7 Å². The molecule has 2 unspecified atom stereocenters. The molecule has 1 aromatic rings. The van der Waals surface area contributed by atoms with E-state index in [-0.39, 0.29) is 48.9 Å². The first-order chi connectivity index (χ1) is 9.49. The van der Waals surface area contributed by atoms with Gasteiger partial charge in [-0.05, 0) is 12.8 Å². The lowest BCUT2D eigenvalue weighted by Crippen LogP contribution is -2.44. The first kappa shape index (κ1) is 23.4. The Morgan fingerprint density at radius 1 is 1.41 bits per heavy atom. The Morgan fingerprint density at radius 3 is 2.59 bits per heavy atom. The van der Waals surface area contributed by atoms with Gasteiger partial charge in [0, 0.05) is 5.38 Å². The number of nitrogens with zero attached hydrogens (tertiary/aromatic N) is 1. The van der Waals surface area contributed by atoms with E-state index >= 15 is 0 Å². The van der Waals surface area contributed by atoms with Gasteiger partial charge >= 0.3 is 5.97 Å². The number of amides is 1. The molecule has 0 spiro atoms. The van der Waals surface area contributed by atoms with Gasteiger partial charge in [-0.3, -0.25) is 4.79 Å². The van der Waals surface area contributed by atoms with Crippen LogP contribution in [0.25, 0.3) is 0 Å². The standard InChI is InChI=1S/C13H21N3O3S.2ClH/c1-4-8(3)11(14)12(17)15-6-10-16-9(7-20-10)13(18)19-5-2;;/h7-8,11H,4-6,14H2,1-3H3,(H,15,17);2*1H. The molecule has 0 fully saturated rings. The first-order valence-corrected chi connectivity index (χ1v) is 7.52. The number of ether oxygens (including phenoxy) is 1. The smallest absolute Gasteiger partial charge is 0.357 e. The first-order valence-electron chi connectivity index (χ1n) is 6.64. The molecule has 128 valence electrons. The highest BCUT2D eigenvalue weighted by molar-refractivity contribution is 7.09. The van der Waals surface area contributed by atoms with E-state index in [2.05, 4.69) is 10.3 Å². The summed E-state index contributed by atoms with van der Waals surface area (Å²) in [6.45, 7) is 6.25. The predicted molar refractivity (Wildman–Crippen MR) is 91.8 cm³/mol. The molecule has 1 heterocycles. The van der Waals surface area contributed by atoms with E-state index in [4.69, 9.17) is 10.5 Å². The Morgan fingerprint density at radius 2 is 2.05 bits per heavy atom. The van der Waals surface area contributed by atoms with Crippen LogP contribution in [0.5, 0.6) is 0 Å². The number of nitrogens with two attached hydrogens (primary N) is 1. The number of hydrogen-bond donors (Lipinski definition) is 2. The molecule has 3 N–H and O–H groups in total. The Bertz CT molecular complexity index is 471. The summed E-state index contributed by atoms with van der Waals surface area (Å²) in [5, 5.41) is 5.00. The van der Waals surface area contributed by atoms with Gasteiger partial charge in [0.25, 0.3) is 0 Å². The minimum atomic E-state index is -0.524. The second kappa shape index (κ2) is 11.6. The molecule has 0 saturated carbocycles. The zero-order chi connectivity index (χ0) is 15.1. The Kier molecular flexibility index (Phi) is 12.4. The summed E-state index contributed by atoms with van der Waals surface area (Å²) in [5.74, 6) is -0.522. The van der Waals surface area contributed by atoms with Crippen molar-refractivity contribution in [3.05, 3.63) is 16.1 Å². The molecule has 0 aliphatic heterocycles. The molecule has 0 radical (unpaired) electrons. The van der Waals surface area contributed by atoms with Crippen molar-refractivity contribution < 1.29 is 14.3 Å². The molecule has 0 aliphatic carbocycles. The largest absolute Gasteiger partial charge is 0.461 e. The van der Waals surface area contributed by atoms with Gasteiger partial charge in [-0.15, -0.1) is 36.2 Å². The SMILES string of the molecule is CCOC(=O)c1csc(CNC(=O)C(N)C(C)CC)n1.Cl.Cl. The number of carbonyl (C=O) groups is 2. The fraction of sp³-hybridized carbons (Fsp3) is 0.615. The van der Waals surface area contributed by atoms with Crippen LogP contribution < -0.4 is 11.1 Å². The molecule has 0 aliphatic rings. The number of nitrogens with one attached hydrogen (secondary N) is 1. The van der Waals surface area contributed by atoms with E-state index in [9.17, 15) is 9.59 Å². The van der Waals surface area contributed by atoms with Crippen LogP contribution in [0.4, 0.5) is 0 Å². The summed E-state index contributed by atoms with van der Waals surface area (Å²) in [6.07, 6.45) is 0.846. The molecular formula is C13H23Cl2N3O3S. The van der Waals surface area contributed by atoms with E-state index in [1.807, 2.05) is 13.8 Å². The number of esters is 1. The molecule has 9 heteroatoms. The monoisotopic (exact) mass is 371 g/mol. The lowest BCUT2D eigenvalue weighted by molar-refractivity contribution is -0.123. The Hall–Kier alpha value is -0.890. The van der Waals surface area contributed by atoms with Crippen molar-refractivity contribution in [1.29, 1.82) is 0 Å². The zero-order valence-electron chi connectivity index (χ0n) is 12.8. The Balaban J connectivity index is 0. The van der Waals surface area contributed by atoms with E-state index in [0.717, 1.165) is 6.42 Å². The number of carbonyl (C=O) groups excluding carboxylic acids is 2. The maximum atomic E-state index is 11.8. The number of hydrogen-bond acceptors (Lipinski definition) is 6. The number of thiazole rings is 1. The third-order valence-corrected chi connectivity index (χ3v) is 3.86. The van der Waals surface area contributed by atoms with Crippen LogP contribution in [0.3, 0.4) is 0 Å². The molecule has 6 nitrogen and oxygen atoms in total. The summed E-state index contributed by atoms with van der Waals surface area (Å²) in [6, 6.07) is -0.524. The van der Waals surface area contributed by atoms with Crippen molar-refractivity contribution in [2.75, 3.05) is 6.61 Å². The van der Waals surface area contributed by atoms with Gasteiger partial charge < -0.3 is 15.8 Å². The van der Waals surface area contributed by atoms with Gasteiger partial charge in [-0.1, -0.05) is 20.3 Å².